The van der Waals surface area contributed by atoms with Gasteiger partial charge in [0, 0.05) is 0 Å². The van der Waals surface area contributed by atoms with Crippen LogP contribution >= 0.6 is 0 Å². The molecule has 0 aromatic heterocycles. The van der Waals surface area contributed by atoms with E-state index in [9.17, 15) is 0 Å². The molecule has 0 amide bonds. The Morgan fingerprint density at radius 1 is 0.625 bits per heavy atom. The summed E-state index contributed by atoms with van der Waals surface area (Å²) in [6, 6.07) is 0. The Kier molecular flexibility index (Phi) is 23.8. The topological polar surface area (TPSA) is 203 Å². The van der Waals surface area contributed by atoms with Gasteiger partial charge < -0.3 is 10.6 Å². The molecule has 10 nitrogen and oxygen atoms in total. The summed E-state index contributed by atoms with van der Waals surface area (Å²) in [6.07, 6.45) is 0. The van der Waals surface area contributed by atoms with Gasteiger partial charge in [-0.25, -0.2) is 0 Å². The number of hydrogen-bond acceptors (Lipinski definition) is 10. The molecule has 12 heteroatoms. The van der Waals surface area contributed by atoms with Crippen LogP contribution in [-0.4, -0.2) is 37.5 Å². The van der Waals surface area contributed by atoms with Crippen molar-refractivity contribution in [1.82, 2.24) is 10.6 Å². The predicted molar refractivity (Wildman–Crippen MR) is 34.4 cm³/mol. The number of halogens is 2. The van der Waals surface area contributed by atoms with Crippen LogP contribution in [0.15, 0.2) is 0 Å². The van der Waals surface area contributed by atoms with Crippen LogP contribution < -0.4 is 38.6 Å². The summed E-state index contributed by atoms with van der Waals surface area (Å²) in [4.78, 5) is 0. The van der Waals surface area contributed by atoms with Gasteiger partial charge in [0.2, 0.25) is 0 Å². The molecule has 0 bridgehead atoms. The molecule has 0 aliphatic heterocycles. The molecule has 0 aromatic carbocycles. The summed E-state index contributed by atoms with van der Waals surface area (Å²) < 4.78 is 65.4. The van der Waals surface area contributed by atoms with Crippen molar-refractivity contribution in [2.24, 2.45) is 0 Å². The van der Waals surface area contributed by atoms with E-state index < -0.39 is 20.5 Å². The van der Waals surface area contributed by atoms with Crippen LogP contribution in [0, 0.1) is 20.5 Å². The van der Waals surface area contributed by atoms with Crippen LogP contribution in [0.2, 0.25) is 0 Å². The predicted octanol–water partition coefficient (Wildman–Crippen LogP) is -8.58. The zero-order chi connectivity index (χ0) is 14.4. The van der Waals surface area contributed by atoms with Gasteiger partial charge >= 0.3 is 0 Å². The SMILES string of the molecule is CNC.CNC.[O-][Cl+3]([O-])([O-])O.[O-][Cl+3]([O-])([O-])O. The summed E-state index contributed by atoms with van der Waals surface area (Å²) in [6.45, 7) is 0. The molecule has 104 valence electrons. The van der Waals surface area contributed by atoms with Crippen molar-refractivity contribution in [2.75, 3.05) is 28.2 Å². The zero-order valence-electron chi connectivity index (χ0n) is 9.10. The Bertz CT molecular complexity index is 89.6. The molecule has 0 aliphatic rings. The van der Waals surface area contributed by atoms with Crippen molar-refractivity contribution in [3.63, 3.8) is 0 Å². The third-order valence-electron chi connectivity index (χ3n) is 0. The highest BCUT2D eigenvalue weighted by Crippen LogP contribution is 1.61. The third kappa shape index (κ3) is 76000. The lowest BCUT2D eigenvalue weighted by Gasteiger charge is -2.03. The van der Waals surface area contributed by atoms with Gasteiger partial charge in [0.25, 0.3) is 0 Å². The largest absolute Gasteiger partial charge is 0.323 e. The van der Waals surface area contributed by atoms with E-state index in [4.69, 9.17) is 37.3 Å². The lowest BCUT2D eigenvalue weighted by molar-refractivity contribution is -1.92. The molecule has 4 N–H and O–H groups in total. The fourth-order valence-electron chi connectivity index (χ4n) is 0. The van der Waals surface area contributed by atoms with Gasteiger partial charge in [-0.1, -0.05) is 0 Å². The maximum Gasteiger partial charge on any atom is 0.0777 e. The molecule has 0 unspecified atom stereocenters. The average Bonchev–Trinajstić information content (AvgIpc) is 1.79. The average molecular weight is 291 g/mol. The number of nitrogens with one attached hydrogen (secondary N) is 2. The summed E-state index contributed by atoms with van der Waals surface area (Å²) in [5.74, 6) is 0. The van der Waals surface area contributed by atoms with E-state index in [1.807, 2.05) is 28.2 Å². The molecule has 0 rings (SSSR count). The van der Waals surface area contributed by atoms with Crippen molar-refractivity contribution < 1.29 is 57.8 Å². The van der Waals surface area contributed by atoms with Crippen molar-refractivity contribution in [1.29, 1.82) is 0 Å². The molecule has 0 saturated carbocycles. The molecule has 0 heterocycles. The lowest BCUT2D eigenvalue weighted by atomic mass is 11.3. The highest BCUT2D eigenvalue weighted by molar-refractivity contribution is 3.91. The summed E-state index contributed by atoms with van der Waals surface area (Å²) >= 11 is 0. The van der Waals surface area contributed by atoms with Gasteiger partial charge in [0.1, 0.15) is 0 Å². The molecular weight excluding hydrogens is 275 g/mol. The molecule has 0 atom stereocenters. The van der Waals surface area contributed by atoms with Crippen molar-refractivity contribution >= 4 is 0 Å². The van der Waals surface area contributed by atoms with E-state index in [0.29, 0.717) is 0 Å². The second-order valence-corrected chi connectivity index (χ2v) is 3.38. The Balaban J connectivity index is -0.0000000621. The van der Waals surface area contributed by atoms with Gasteiger partial charge in [-0.2, -0.15) is 28.0 Å². The smallest absolute Gasteiger partial charge is 0.0777 e. The van der Waals surface area contributed by atoms with Crippen LogP contribution in [0.4, 0.5) is 0 Å². The first-order chi connectivity index (χ1) is 6.83. The van der Waals surface area contributed by atoms with Crippen LogP contribution in [0.25, 0.3) is 0 Å². The number of hydrogen-bond donors (Lipinski definition) is 4. The Labute approximate surface area is 97.2 Å². The fourth-order valence-corrected chi connectivity index (χ4v) is 0. The molecular formula is C4H16Cl2N2O8. The first-order valence-corrected chi connectivity index (χ1v) is 5.79. The highest BCUT2D eigenvalue weighted by Gasteiger charge is 1.99. The molecule has 0 spiro atoms. The van der Waals surface area contributed by atoms with Gasteiger partial charge in [0.05, 0.1) is 29.8 Å². The van der Waals surface area contributed by atoms with Crippen molar-refractivity contribution in [3.05, 3.63) is 0 Å². The van der Waals surface area contributed by atoms with Gasteiger partial charge in [0.15, 0.2) is 0 Å². The summed E-state index contributed by atoms with van der Waals surface area (Å²) in [5.41, 5.74) is 0. The molecule has 0 aromatic rings. The van der Waals surface area contributed by atoms with Crippen LogP contribution in [0.1, 0.15) is 0 Å². The van der Waals surface area contributed by atoms with Gasteiger partial charge in [-0.3, -0.25) is 0 Å². The van der Waals surface area contributed by atoms with E-state index >= 15 is 0 Å². The Hall–Kier alpha value is 0.180. The third-order valence-corrected chi connectivity index (χ3v) is 0. The van der Waals surface area contributed by atoms with E-state index in [1.165, 1.54) is 0 Å². The summed E-state index contributed by atoms with van der Waals surface area (Å²) in [5, 5.41) is 5.50. The second kappa shape index (κ2) is 15.2. The second-order valence-electron chi connectivity index (χ2n) is 1.79. The van der Waals surface area contributed by atoms with E-state index in [1.54, 1.807) is 0 Å². The Morgan fingerprint density at radius 3 is 0.625 bits per heavy atom. The molecule has 0 fully saturated rings. The zero-order valence-corrected chi connectivity index (χ0v) is 10.6. The van der Waals surface area contributed by atoms with Crippen LogP contribution in [0.5, 0.6) is 0 Å². The quantitative estimate of drug-likeness (QED) is 0.331. The molecule has 0 saturated heterocycles. The van der Waals surface area contributed by atoms with E-state index in [2.05, 4.69) is 10.6 Å². The minimum atomic E-state index is -4.69. The lowest BCUT2D eigenvalue weighted by Crippen LogP contribution is -2.58. The monoisotopic (exact) mass is 290 g/mol. The van der Waals surface area contributed by atoms with Crippen molar-refractivity contribution in [2.45, 2.75) is 0 Å². The van der Waals surface area contributed by atoms with E-state index in [-0.39, 0.29) is 0 Å². The molecule has 16 heavy (non-hydrogen) atoms. The van der Waals surface area contributed by atoms with Crippen LogP contribution in [0.3, 0.4) is 0 Å². The standard InChI is InChI=1S/2C2H7N.2ClHO4/c2*1-3-2;2*2-1(3,4)5/h2*3H,1-2H3;2*(H,2,3,4,5). The Morgan fingerprint density at radius 2 is 0.625 bits per heavy atom. The first-order valence-electron chi connectivity index (χ1n) is 3.26. The fraction of sp³-hybridized carbons (Fsp3) is 1.00. The number of rotatable bonds is 0. The normalized spacial score (nSPS) is 9.75. The summed E-state index contributed by atoms with van der Waals surface area (Å²) in [7, 11) is -1.89. The molecule has 0 radical (unpaired) electrons. The first kappa shape index (κ1) is 25.1. The van der Waals surface area contributed by atoms with E-state index in [0.717, 1.165) is 0 Å². The maximum atomic E-state index is 8.60. The van der Waals surface area contributed by atoms with Gasteiger partial charge in [-0.15, -0.1) is 0 Å². The molecule has 0 aliphatic carbocycles. The van der Waals surface area contributed by atoms with Crippen LogP contribution in [-0.2, 0) is 0 Å². The van der Waals surface area contributed by atoms with Crippen molar-refractivity contribution in [3.8, 4) is 0 Å². The maximum absolute atomic E-state index is 8.60. The minimum absolute atomic E-state index is 1.88. The highest BCUT2D eigenvalue weighted by atomic mass is 35.7. The van der Waals surface area contributed by atoms with Gasteiger partial charge in [-0.05, 0) is 28.2 Å². The minimum Gasteiger partial charge on any atom is -0.323 e.